The van der Waals surface area contributed by atoms with Gasteiger partial charge in [-0.1, -0.05) is 35.1 Å². The van der Waals surface area contributed by atoms with E-state index in [1.165, 1.54) is 15.9 Å². The molecule has 2 amide bonds. The van der Waals surface area contributed by atoms with E-state index >= 15 is 0 Å². The molecule has 0 saturated carbocycles. The van der Waals surface area contributed by atoms with Crippen LogP contribution in [-0.4, -0.2) is 56.6 Å². The van der Waals surface area contributed by atoms with E-state index in [1.807, 2.05) is 23.6 Å². The molecule has 1 aromatic carbocycles. The molecule has 4 aromatic rings. The molecule has 164 valence electrons. The molecular weight excluding hydrogens is 468 g/mol. The van der Waals surface area contributed by atoms with Crippen molar-refractivity contribution in [2.24, 2.45) is 0 Å². The zero-order valence-corrected chi connectivity index (χ0v) is 19.3. The second kappa shape index (κ2) is 8.99. The number of hydrogen-bond acceptors (Lipinski definition) is 7. The molecule has 0 aliphatic carbocycles. The Morgan fingerprint density at radius 1 is 1.12 bits per heavy atom. The number of urea groups is 1. The lowest BCUT2D eigenvalue weighted by molar-refractivity contribution is 0.142. The van der Waals surface area contributed by atoms with Crippen LogP contribution in [0.3, 0.4) is 0 Å². The maximum Gasteiger partial charge on any atom is 0.321 e. The van der Waals surface area contributed by atoms with Gasteiger partial charge in [-0.15, -0.1) is 11.3 Å². The van der Waals surface area contributed by atoms with Crippen molar-refractivity contribution in [1.82, 2.24) is 24.4 Å². The Bertz CT molecular complexity index is 1310. The first-order chi connectivity index (χ1) is 15.5. The van der Waals surface area contributed by atoms with Crippen LogP contribution in [0.15, 0.2) is 52.6 Å². The summed E-state index contributed by atoms with van der Waals surface area (Å²) in [5.41, 5.74) is 1.21. The largest absolute Gasteiger partial charge is 0.322 e. The number of carbonyl (C=O) groups excluding carboxylic acids is 1. The maximum absolute atomic E-state index is 12.5. The fourth-order valence-corrected chi connectivity index (χ4v) is 5.45. The van der Waals surface area contributed by atoms with E-state index in [2.05, 4.69) is 20.3 Å². The second-order valence-electron chi connectivity index (χ2n) is 7.37. The average Bonchev–Trinajstić information content (AvgIpc) is 3.44. The summed E-state index contributed by atoms with van der Waals surface area (Å²) >= 11 is 8.98. The minimum absolute atomic E-state index is 0.143. The first-order valence-corrected chi connectivity index (χ1v) is 12.1. The lowest BCUT2D eigenvalue weighted by Gasteiger charge is -2.34. The number of halogens is 1. The molecule has 0 atom stereocenters. The van der Waals surface area contributed by atoms with Crippen LogP contribution in [-0.2, 0) is 6.54 Å². The second-order valence-corrected chi connectivity index (χ2v) is 9.71. The Morgan fingerprint density at radius 3 is 2.72 bits per heavy atom. The van der Waals surface area contributed by atoms with Gasteiger partial charge in [-0.05, 0) is 29.6 Å². The van der Waals surface area contributed by atoms with Crippen LogP contribution in [0.2, 0.25) is 5.02 Å². The highest BCUT2D eigenvalue weighted by molar-refractivity contribution is 7.23. The molecule has 32 heavy (non-hydrogen) atoms. The van der Waals surface area contributed by atoms with E-state index in [4.69, 9.17) is 11.6 Å². The first kappa shape index (κ1) is 21.1. The van der Waals surface area contributed by atoms with Crippen LogP contribution in [0.1, 0.15) is 5.69 Å². The molecule has 0 unspecified atom stereocenters. The highest BCUT2D eigenvalue weighted by atomic mass is 35.5. The Balaban J connectivity index is 1.22. The van der Waals surface area contributed by atoms with Crippen LogP contribution in [0, 0.1) is 0 Å². The molecule has 5 rings (SSSR count). The van der Waals surface area contributed by atoms with E-state index in [9.17, 15) is 9.59 Å². The normalized spacial score (nSPS) is 14.7. The van der Waals surface area contributed by atoms with E-state index < -0.39 is 0 Å². The highest BCUT2D eigenvalue weighted by Crippen LogP contribution is 2.28. The van der Waals surface area contributed by atoms with Crippen molar-refractivity contribution in [2.45, 2.75) is 6.54 Å². The summed E-state index contributed by atoms with van der Waals surface area (Å²) in [5, 5.41) is 10.6. The van der Waals surface area contributed by atoms with E-state index in [0.29, 0.717) is 54.1 Å². The number of benzene rings is 1. The predicted molar refractivity (Wildman–Crippen MR) is 128 cm³/mol. The number of nitrogens with one attached hydrogen (secondary N) is 1. The van der Waals surface area contributed by atoms with Gasteiger partial charge in [0.2, 0.25) is 4.96 Å². The van der Waals surface area contributed by atoms with Gasteiger partial charge >= 0.3 is 6.03 Å². The van der Waals surface area contributed by atoms with Crippen molar-refractivity contribution < 1.29 is 4.79 Å². The van der Waals surface area contributed by atoms with E-state index in [-0.39, 0.29) is 11.6 Å². The molecule has 1 N–H and O–H groups in total. The van der Waals surface area contributed by atoms with Crippen molar-refractivity contribution >= 4 is 51.0 Å². The third-order valence-electron chi connectivity index (χ3n) is 5.15. The summed E-state index contributed by atoms with van der Waals surface area (Å²) in [6, 6.07) is 12.4. The number of thiophene rings is 1. The highest BCUT2D eigenvalue weighted by Gasteiger charge is 2.22. The fraction of sp³-hybridized carbons (Fsp3) is 0.238. The van der Waals surface area contributed by atoms with Crippen molar-refractivity contribution in [1.29, 1.82) is 0 Å². The van der Waals surface area contributed by atoms with Crippen molar-refractivity contribution in [3.63, 3.8) is 0 Å². The maximum atomic E-state index is 12.5. The number of rotatable bonds is 4. The molecular formula is C21H19ClN6O2S2. The molecule has 1 aliphatic rings. The number of anilines is 1. The minimum Gasteiger partial charge on any atom is -0.322 e. The number of fused-ring (bicyclic) bond motifs is 1. The van der Waals surface area contributed by atoms with Gasteiger partial charge in [0.15, 0.2) is 5.01 Å². The zero-order valence-electron chi connectivity index (χ0n) is 16.9. The summed E-state index contributed by atoms with van der Waals surface area (Å²) in [4.78, 5) is 35.3. The van der Waals surface area contributed by atoms with Crippen LogP contribution >= 0.6 is 34.3 Å². The van der Waals surface area contributed by atoms with Gasteiger partial charge in [0, 0.05) is 49.5 Å². The average molecular weight is 487 g/mol. The van der Waals surface area contributed by atoms with Crippen molar-refractivity contribution in [3.8, 4) is 9.88 Å². The van der Waals surface area contributed by atoms with Gasteiger partial charge in [-0.2, -0.15) is 9.61 Å². The lowest BCUT2D eigenvalue weighted by Crippen LogP contribution is -2.49. The Morgan fingerprint density at radius 2 is 1.97 bits per heavy atom. The zero-order chi connectivity index (χ0) is 22.1. The Hall–Kier alpha value is -2.79. The number of piperazine rings is 1. The van der Waals surface area contributed by atoms with Crippen molar-refractivity contribution in [2.75, 3.05) is 31.5 Å². The summed E-state index contributed by atoms with van der Waals surface area (Å²) < 4.78 is 1.36. The van der Waals surface area contributed by atoms with Crippen LogP contribution in [0.4, 0.5) is 10.5 Å². The van der Waals surface area contributed by atoms with Gasteiger partial charge in [-0.25, -0.2) is 9.78 Å². The van der Waals surface area contributed by atoms with Gasteiger partial charge < -0.3 is 10.2 Å². The van der Waals surface area contributed by atoms with Crippen LogP contribution in [0.25, 0.3) is 14.8 Å². The molecule has 1 fully saturated rings. The summed E-state index contributed by atoms with van der Waals surface area (Å²) in [6.45, 7) is 3.15. The smallest absolute Gasteiger partial charge is 0.321 e. The summed E-state index contributed by atoms with van der Waals surface area (Å²) in [5.74, 6) is 0. The molecule has 3 aromatic heterocycles. The fourth-order valence-electron chi connectivity index (χ4n) is 3.54. The summed E-state index contributed by atoms with van der Waals surface area (Å²) in [7, 11) is 0. The number of amides is 2. The topological polar surface area (TPSA) is 82.8 Å². The van der Waals surface area contributed by atoms with Gasteiger partial charge in [0.25, 0.3) is 5.56 Å². The lowest BCUT2D eigenvalue weighted by atomic mass is 10.3. The molecule has 11 heteroatoms. The predicted octanol–water partition coefficient (Wildman–Crippen LogP) is 3.88. The summed E-state index contributed by atoms with van der Waals surface area (Å²) in [6.07, 6.45) is 0. The monoisotopic (exact) mass is 486 g/mol. The molecule has 0 radical (unpaired) electrons. The van der Waals surface area contributed by atoms with Crippen LogP contribution < -0.4 is 10.9 Å². The molecule has 4 heterocycles. The number of aromatic nitrogens is 3. The van der Waals surface area contributed by atoms with Gasteiger partial charge in [0.05, 0.1) is 10.6 Å². The van der Waals surface area contributed by atoms with Crippen molar-refractivity contribution in [3.05, 3.63) is 68.9 Å². The SMILES string of the molecule is O=C(Nc1cccc(Cl)c1)N1CCN(Cc2cc(=O)n3nc(-c4cccs4)sc3n2)CC1. The van der Waals surface area contributed by atoms with Gasteiger partial charge in [-0.3, -0.25) is 9.69 Å². The third kappa shape index (κ3) is 4.53. The number of carbonyl (C=O) groups is 1. The Labute approximate surface area is 196 Å². The molecule has 0 bridgehead atoms. The molecule has 0 spiro atoms. The number of hydrogen-bond donors (Lipinski definition) is 1. The molecule has 8 nitrogen and oxygen atoms in total. The third-order valence-corrected chi connectivity index (χ3v) is 7.33. The quantitative estimate of drug-likeness (QED) is 0.473. The molecule has 1 aliphatic heterocycles. The molecule has 1 saturated heterocycles. The number of nitrogens with zero attached hydrogens (tertiary/aromatic N) is 5. The first-order valence-electron chi connectivity index (χ1n) is 10.0. The minimum atomic E-state index is -0.177. The van der Waals surface area contributed by atoms with Crippen LogP contribution in [0.5, 0.6) is 0 Å². The van der Waals surface area contributed by atoms with E-state index in [1.54, 1.807) is 40.5 Å². The van der Waals surface area contributed by atoms with Gasteiger partial charge in [0.1, 0.15) is 0 Å². The van der Waals surface area contributed by atoms with E-state index in [0.717, 1.165) is 9.88 Å². The Kier molecular flexibility index (Phi) is 5.92. The standard InChI is InChI=1S/C21H19ClN6O2S2/c22-14-3-1-4-15(11-14)23-20(30)27-8-6-26(7-9-27)13-16-12-18(29)28-21(24-16)32-19(25-28)17-5-2-10-31-17/h1-5,10-12H,6-9,13H2,(H,23,30).